The van der Waals surface area contributed by atoms with Gasteiger partial charge in [0, 0.05) is 16.9 Å². The molecule has 1 aromatic heterocycles. The summed E-state index contributed by atoms with van der Waals surface area (Å²) in [4.78, 5) is 13.4. The van der Waals surface area contributed by atoms with E-state index in [2.05, 4.69) is 0 Å². The number of carbonyl (C=O) groups excluding carboxylic acids is 1. The number of hydrogen-bond donors (Lipinski definition) is 0. The zero-order valence-electron chi connectivity index (χ0n) is 10.1. The van der Waals surface area contributed by atoms with E-state index in [4.69, 9.17) is 11.6 Å². The molecule has 0 saturated heterocycles. The van der Waals surface area contributed by atoms with Crippen LogP contribution in [0.4, 0.5) is 0 Å². The van der Waals surface area contributed by atoms with Gasteiger partial charge in [-0.05, 0) is 22.2 Å². The van der Waals surface area contributed by atoms with Gasteiger partial charge in [0.25, 0.3) is 0 Å². The van der Waals surface area contributed by atoms with E-state index in [0.29, 0.717) is 11.4 Å². The molecule has 2 aromatic carbocycles. The Hall–Kier alpha value is -1.64. The molecule has 0 saturated carbocycles. The molecule has 0 bridgehead atoms. The number of hydrogen-bond acceptors (Lipinski definition) is 2. The lowest BCUT2D eigenvalue weighted by atomic mass is 9.99. The fourth-order valence-corrected chi connectivity index (χ4v) is 3.26. The molecule has 0 aliphatic heterocycles. The van der Waals surface area contributed by atoms with Crippen LogP contribution in [0.1, 0.15) is 15.2 Å². The van der Waals surface area contributed by atoms with Crippen molar-refractivity contribution in [2.75, 3.05) is 0 Å². The Morgan fingerprint density at radius 2 is 1.84 bits per heavy atom. The lowest BCUT2D eigenvalue weighted by Crippen LogP contribution is -2.03. The molecule has 1 heterocycles. The van der Waals surface area contributed by atoms with E-state index in [0.717, 1.165) is 21.2 Å². The van der Waals surface area contributed by atoms with Gasteiger partial charge in [-0.1, -0.05) is 54.1 Å². The minimum atomic E-state index is 0.112. The average Bonchev–Trinajstić information content (AvgIpc) is 2.83. The van der Waals surface area contributed by atoms with Crippen molar-refractivity contribution in [3.05, 3.63) is 69.4 Å². The van der Waals surface area contributed by atoms with E-state index in [1.54, 1.807) is 0 Å². The Morgan fingerprint density at radius 1 is 1.05 bits per heavy atom. The second kappa shape index (κ2) is 5.16. The van der Waals surface area contributed by atoms with Crippen LogP contribution in [-0.2, 0) is 6.42 Å². The molecule has 94 valence electrons. The summed E-state index contributed by atoms with van der Waals surface area (Å²) >= 11 is 7.57. The molecule has 0 unspecified atom stereocenters. The summed E-state index contributed by atoms with van der Waals surface area (Å²) in [5.74, 6) is 0.112. The van der Waals surface area contributed by atoms with Crippen LogP contribution >= 0.6 is 22.9 Å². The summed E-state index contributed by atoms with van der Waals surface area (Å²) in [6.07, 6.45) is 0.366. The van der Waals surface area contributed by atoms with Crippen molar-refractivity contribution in [2.45, 2.75) is 6.42 Å². The Kier molecular flexibility index (Phi) is 3.36. The SMILES string of the molecule is O=C(Cc1sccc1Cl)c1cccc2ccccc12. The number of carbonyl (C=O) groups is 1. The number of rotatable bonds is 3. The zero-order chi connectivity index (χ0) is 13.2. The second-order valence-electron chi connectivity index (χ2n) is 4.32. The van der Waals surface area contributed by atoms with E-state index < -0.39 is 0 Å². The number of fused-ring (bicyclic) bond motifs is 1. The number of Topliss-reactive ketones (excluding diaryl/α,β-unsaturated/α-hetero) is 1. The van der Waals surface area contributed by atoms with Crippen LogP contribution in [0.25, 0.3) is 10.8 Å². The van der Waals surface area contributed by atoms with Gasteiger partial charge in [0.2, 0.25) is 0 Å². The van der Waals surface area contributed by atoms with Crippen molar-refractivity contribution in [3.8, 4) is 0 Å². The van der Waals surface area contributed by atoms with Crippen LogP contribution in [-0.4, -0.2) is 5.78 Å². The van der Waals surface area contributed by atoms with Gasteiger partial charge in [0.15, 0.2) is 5.78 Å². The molecular formula is C16H11ClOS. The average molecular weight is 287 g/mol. The third-order valence-corrected chi connectivity index (χ3v) is 4.49. The Labute approximate surface area is 120 Å². The molecule has 1 nitrogen and oxygen atoms in total. The second-order valence-corrected chi connectivity index (χ2v) is 5.73. The number of ketones is 1. The van der Waals surface area contributed by atoms with Crippen molar-refractivity contribution in [3.63, 3.8) is 0 Å². The number of benzene rings is 2. The van der Waals surface area contributed by atoms with Gasteiger partial charge in [-0.3, -0.25) is 4.79 Å². The predicted molar refractivity (Wildman–Crippen MR) is 81.3 cm³/mol. The fraction of sp³-hybridized carbons (Fsp3) is 0.0625. The zero-order valence-corrected chi connectivity index (χ0v) is 11.7. The molecule has 0 fully saturated rings. The van der Waals surface area contributed by atoms with Crippen molar-refractivity contribution in [1.29, 1.82) is 0 Å². The summed E-state index contributed by atoms with van der Waals surface area (Å²) in [7, 11) is 0. The molecule has 3 rings (SSSR count). The summed E-state index contributed by atoms with van der Waals surface area (Å²) in [5.41, 5.74) is 0.766. The molecule has 0 spiro atoms. The molecule has 0 aliphatic carbocycles. The van der Waals surface area contributed by atoms with Crippen LogP contribution in [0.2, 0.25) is 5.02 Å². The topological polar surface area (TPSA) is 17.1 Å². The highest BCUT2D eigenvalue weighted by molar-refractivity contribution is 7.10. The lowest BCUT2D eigenvalue weighted by Gasteiger charge is -2.05. The standard InChI is InChI=1S/C16H11ClOS/c17-14-8-9-19-16(14)10-15(18)13-7-3-5-11-4-1-2-6-12(11)13/h1-9H,10H2. The molecule has 0 aliphatic rings. The number of halogens is 1. The largest absolute Gasteiger partial charge is 0.294 e. The number of thiophene rings is 1. The Balaban J connectivity index is 2.00. The Morgan fingerprint density at radius 3 is 2.63 bits per heavy atom. The Bertz CT molecular complexity index is 740. The molecule has 0 amide bonds. The van der Waals surface area contributed by atoms with Gasteiger partial charge in [0.1, 0.15) is 0 Å². The van der Waals surface area contributed by atoms with E-state index in [1.807, 2.05) is 53.9 Å². The van der Waals surface area contributed by atoms with E-state index in [9.17, 15) is 4.79 Å². The normalized spacial score (nSPS) is 10.8. The van der Waals surface area contributed by atoms with Gasteiger partial charge in [0.05, 0.1) is 5.02 Å². The highest BCUT2D eigenvalue weighted by atomic mass is 35.5. The van der Waals surface area contributed by atoms with Gasteiger partial charge >= 0.3 is 0 Å². The van der Waals surface area contributed by atoms with Crippen LogP contribution in [0.5, 0.6) is 0 Å². The molecule has 0 radical (unpaired) electrons. The van der Waals surface area contributed by atoms with Crippen LogP contribution in [0.15, 0.2) is 53.9 Å². The molecule has 0 atom stereocenters. The smallest absolute Gasteiger partial charge is 0.168 e. The van der Waals surface area contributed by atoms with Crippen LogP contribution in [0.3, 0.4) is 0 Å². The maximum atomic E-state index is 12.4. The lowest BCUT2D eigenvalue weighted by molar-refractivity contribution is 0.0995. The van der Waals surface area contributed by atoms with Gasteiger partial charge < -0.3 is 0 Å². The van der Waals surface area contributed by atoms with Crippen molar-refractivity contribution < 1.29 is 4.79 Å². The summed E-state index contributed by atoms with van der Waals surface area (Å²) in [6, 6.07) is 15.6. The summed E-state index contributed by atoms with van der Waals surface area (Å²) in [5, 5.41) is 4.68. The quantitative estimate of drug-likeness (QED) is 0.621. The maximum absolute atomic E-state index is 12.4. The first-order chi connectivity index (χ1) is 9.25. The predicted octanol–water partition coefficient (Wildman–Crippen LogP) is 4.98. The summed E-state index contributed by atoms with van der Waals surface area (Å²) in [6.45, 7) is 0. The first-order valence-electron chi connectivity index (χ1n) is 5.98. The van der Waals surface area contributed by atoms with Crippen molar-refractivity contribution in [2.24, 2.45) is 0 Å². The molecule has 3 aromatic rings. The van der Waals surface area contributed by atoms with Gasteiger partial charge in [-0.2, -0.15) is 0 Å². The minimum Gasteiger partial charge on any atom is -0.294 e. The first-order valence-corrected chi connectivity index (χ1v) is 7.24. The van der Waals surface area contributed by atoms with E-state index >= 15 is 0 Å². The van der Waals surface area contributed by atoms with Crippen LogP contribution < -0.4 is 0 Å². The fourth-order valence-electron chi connectivity index (χ4n) is 2.16. The van der Waals surface area contributed by atoms with Gasteiger partial charge in [-0.25, -0.2) is 0 Å². The monoisotopic (exact) mass is 286 g/mol. The van der Waals surface area contributed by atoms with Crippen molar-refractivity contribution in [1.82, 2.24) is 0 Å². The third-order valence-electron chi connectivity index (χ3n) is 3.10. The maximum Gasteiger partial charge on any atom is 0.168 e. The van der Waals surface area contributed by atoms with Gasteiger partial charge in [-0.15, -0.1) is 11.3 Å². The first kappa shape index (κ1) is 12.4. The third kappa shape index (κ3) is 2.42. The molecule has 19 heavy (non-hydrogen) atoms. The highest BCUT2D eigenvalue weighted by Crippen LogP contribution is 2.25. The van der Waals surface area contributed by atoms with E-state index in [1.165, 1.54) is 11.3 Å². The minimum absolute atomic E-state index is 0.112. The molecule has 3 heteroatoms. The van der Waals surface area contributed by atoms with E-state index in [-0.39, 0.29) is 5.78 Å². The highest BCUT2D eigenvalue weighted by Gasteiger charge is 2.13. The molecule has 0 N–H and O–H groups in total. The van der Waals surface area contributed by atoms with Crippen LogP contribution in [0, 0.1) is 0 Å². The summed E-state index contributed by atoms with van der Waals surface area (Å²) < 4.78 is 0. The van der Waals surface area contributed by atoms with Crippen molar-refractivity contribution >= 4 is 39.5 Å². The molecular weight excluding hydrogens is 276 g/mol.